The van der Waals surface area contributed by atoms with E-state index in [0.717, 1.165) is 22.4 Å². The number of aliphatic hydroxyl groups excluding tert-OH is 1. The Hall–Kier alpha value is -3.56. The summed E-state index contributed by atoms with van der Waals surface area (Å²) in [6.07, 6.45) is 1.53. The number of ether oxygens (including phenoxy) is 3. The number of benzene rings is 3. The molecule has 0 saturated heterocycles. The molecule has 3 aromatic carbocycles. The highest BCUT2D eigenvalue weighted by molar-refractivity contribution is 5.50. The molecule has 1 heterocycles. The quantitative estimate of drug-likeness (QED) is 0.525. The Morgan fingerprint density at radius 1 is 1.15 bits per heavy atom. The Labute approximate surface area is 192 Å². The van der Waals surface area contributed by atoms with E-state index in [-0.39, 0.29) is 18.3 Å². The minimum Gasteiger partial charge on any atom is -0.493 e. The van der Waals surface area contributed by atoms with Crippen LogP contribution in [0.4, 0.5) is 4.39 Å². The van der Waals surface area contributed by atoms with Crippen LogP contribution in [0.3, 0.4) is 0 Å². The molecule has 2 aliphatic rings. The number of nitriles is 1. The van der Waals surface area contributed by atoms with Gasteiger partial charge in [0, 0.05) is 35.3 Å². The first-order chi connectivity index (χ1) is 16.1. The van der Waals surface area contributed by atoms with Crippen molar-refractivity contribution in [3.8, 4) is 29.1 Å². The van der Waals surface area contributed by atoms with Gasteiger partial charge < -0.3 is 19.3 Å². The molecule has 1 aliphatic carbocycles. The van der Waals surface area contributed by atoms with Crippen molar-refractivity contribution in [2.45, 2.75) is 38.2 Å². The van der Waals surface area contributed by atoms with Crippen molar-refractivity contribution in [3.05, 3.63) is 82.2 Å². The highest BCUT2D eigenvalue weighted by atomic mass is 19.1. The number of hydrogen-bond donors (Lipinski definition) is 1. The van der Waals surface area contributed by atoms with Crippen LogP contribution in [0.15, 0.2) is 48.5 Å². The van der Waals surface area contributed by atoms with Crippen molar-refractivity contribution in [3.63, 3.8) is 0 Å². The Morgan fingerprint density at radius 2 is 2.00 bits per heavy atom. The molecular weight excluding hydrogens is 421 g/mol. The number of aliphatic hydroxyl groups is 1. The normalized spacial score (nSPS) is 18.2. The smallest absolute Gasteiger partial charge is 0.131 e. The van der Waals surface area contributed by atoms with Crippen molar-refractivity contribution >= 4 is 0 Å². The van der Waals surface area contributed by atoms with Crippen LogP contribution in [0.5, 0.6) is 23.0 Å². The van der Waals surface area contributed by atoms with Crippen molar-refractivity contribution in [1.29, 1.82) is 5.26 Å². The summed E-state index contributed by atoms with van der Waals surface area (Å²) in [5.41, 5.74) is 3.83. The van der Waals surface area contributed by atoms with Gasteiger partial charge >= 0.3 is 0 Å². The molecule has 0 unspecified atom stereocenters. The van der Waals surface area contributed by atoms with Crippen LogP contribution in [0.1, 0.15) is 52.7 Å². The fourth-order valence-corrected chi connectivity index (χ4v) is 4.70. The van der Waals surface area contributed by atoms with E-state index in [9.17, 15) is 9.50 Å². The van der Waals surface area contributed by atoms with Crippen molar-refractivity contribution in [2.24, 2.45) is 0 Å². The summed E-state index contributed by atoms with van der Waals surface area (Å²) in [4.78, 5) is 0. The maximum absolute atomic E-state index is 14.9. The lowest BCUT2D eigenvalue weighted by Gasteiger charge is -2.17. The maximum atomic E-state index is 14.9. The summed E-state index contributed by atoms with van der Waals surface area (Å²) in [6, 6.07) is 16.2. The van der Waals surface area contributed by atoms with Crippen LogP contribution in [-0.4, -0.2) is 18.3 Å². The number of nitrogens with zero attached hydrogens (tertiary/aromatic N) is 1. The van der Waals surface area contributed by atoms with Gasteiger partial charge in [0.05, 0.1) is 18.2 Å². The van der Waals surface area contributed by atoms with Crippen LogP contribution in [0.25, 0.3) is 0 Å². The Morgan fingerprint density at radius 3 is 2.79 bits per heavy atom. The lowest BCUT2D eigenvalue weighted by molar-refractivity contribution is 0.202. The molecular formula is C27H24FNO4. The Balaban J connectivity index is 1.38. The number of hydrogen-bond acceptors (Lipinski definition) is 5. The van der Waals surface area contributed by atoms with Gasteiger partial charge in [-0.2, -0.15) is 5.26 Å². The number of aryl methyl sites for hydroxylation is 1. The van der Waals surface area contributed by atoms with E-state index in [1.165, 1.54) is 6.07 Å². The summed E-state index contributed by atoms with van der Waals surface area (Å²) in [5.74, 6) is 2.48. The minimum absolute atomic E-state index is 0.121. The average Bonchev–Trinajstić information content (AvgIpc) is 3.41. The van der Waals surface area contributed by atoms with Crippen LogP contribution in [0, 0.1) is 24.1 Å². The second-order valence-electron chi connectivity index (χ2n) is 8.49. The van der Waals surface area contributed by atoms with Crippen molar-refractivity contribution in [1.82, 2.24) is 0 Å². The zero-order chi connectivity index (χ0) is 22.9. The van der Waals surface area contributed by atoms with Gasteiger partial charge in [-0.1, -0.05) is 6.07 Å². The van der Waals surface area contributed by atoms with Gasteiger partial charge in [-0.15, -0.1) is 0 Å². The summed E-state index contributed by atoms with van der Waals surface area (Å²) in [5, 5.41) is 18.4. The molecule has 1 N–H and O–H groups in total. The topological polar surface area (TPSA) is 71.7 Å². The molecule has 168 valence electrons. The summed E-state index contributed by atoms with van der Waals surface area (Å²) in [6.45, 7) is 2.53. The molecule has 5 rings (SSSR count). The zero-order valence-electron chi connectivity index (χ0n) is 18.3. The average molecular weight is 445 g/mol. The Kier molecular flexibility index (Phi) is 5.65. The Bertz CT molecular complexity index is 1250. The zero-order valence-corrected chi connectivity index (χ0v) is 18.3. The molecule has 3 aromatic rings. The molecule has 0 spiro atoms. The monoisotopic (exact) mass is 445 g/mol. The number of rotatable bonds is 6. The molecule has 0 fully saturated rings. The van der Waals surface area contributed by atoms with Gasteiger partial charge in [-0.25, -0.2) is 4.39 Å². The summed E-state index contributed by atoms with van der Waals surface area (Å²) in [7, 11) is 0. The molecule has 2 atom stereocenters. The standard InChI is InChI=1S/C27H24FNO4/c1-16-12-19(3-2-17(16)14-29)32-24-9-7-23(28)27-22(24)6-8-25(27)33-20-4-5-21-18(10-11-30)15-31-26(21)13-20/h2-5,7,9,12-13,18,25,30H,6,8,10-11,15H2,1H3/t18-,25-/m1/s1. The first-order valence-electron chi connectivity index (χ1n) is 11.1. The van der Waals surface area contributed by atoms with Gasteiger partial charge in [0.25, 0.3) is 0 Å². The largest absolute Gasteiger partial charge is 0.493 e. The lowest BCUT2D eigenvalue weighted by Crippen LogP contribution is -2.06. The third kappa shape index (κ3) is 4.01. The van der Waals surface area contributed by atoms with Gasteiger partial charge in [0.1, 0.15) is 34.9 Å². The molecule has 33 heavy (non-hydrogen) atoms. The fourth-order valence-electron chi connectivity index (χ4n) is 4.70. The van der Waals surface area contributed by atoms with Gasteiger partial charge in [-0.3, -0.25) is 0 Å². The van der Waals surface area contributed by atoms with E-state index in [0.29, 0.717) is 54.2 Å². The molecule has 0 aromatic heterocycles. The first-order valence-corrected chi connectivity index (χ1v) is 11.1. The van der Waals surface area contributed by atoms with Crippen LogP contribution in [0.2, 0.25) is 0 Å². The van der Waals surface area contributed by atoms with Crippen LogP contribution in [-0.2, 0) is 6.42 Å². The van der Waals surface area contributed by atoms with Gasteiger partial charge in [0.2, 0.25) is 0 Å². The maximum Gasteiger partial charge on any atom is 0.131 e. The lowest BCUT2D eigenvalue weighted by atomic mass is 9.98. The highest BCUT2D eigenvalue weighted by Crippen LogP contribution is 2.44. The number of fused-ring (bicyclic) bond motifs is 2. The molecule has 1 aliphatic heterocycles. The first kappa shape index (κ1) is 21.3. The van der Waals surface area contributed by atoms with E-state index >= 15 is 0 Å². The van der Waals surface area contributed by atoms with E-state index in [1.807, 2.05) is 31.2 Å². The predicted molar refractivity (Wildman–Crippen MR) is 120 cm³/mol. The highest BCUT2D eigenvalue weighted by Gasteiger charge is 2.31. The molecule has 0 amide bonds. The molecule has 0 bridgehead atoms. The third-order valence-corrected chi connectivity index (χ3v) is 6.41. The van der Waals surface area contributed by atoms with Crippen molar-refractivity contribution < 1.29 is 23.7 Å². The molecule has 5 nitrogen and oxygen atoms in total. The van der Waals surface area contributed by atoms with Crippen LogP contribution < -0.4 is 14.2 Å². The van der Waals surface area contributed by atoms with Crippen molar-refractivity contribution in [2.75, 3.05) is 13.2 Å². The summed E-state index contributed by atoms with van der Waals surface area (Å²) < 4.78 is 32.9. The summed E-state index contributed by atoms with van der Waals surface area (Å²) >= 11 is 0. The molecule has 0 saturated carbocycles. The second kappa shape index (κ2) is 8.76. The fraction of sp³-hybridized carbons (Fsp3) is 0.296. The molecule has 0 radical (unpaired) electrons. The third-order valence-electron chi connectivity index (χ3n) is 6.41. The van der Waals surface area contributed by atoms with E-state index < -0.39 is 6.10 Å². The number of halogens is 1. The SMILES string of the molecule is Cc1cc(Oc2ccc(F)c3c2CC[C@H]3Oc2ccc3c(c2)OC[C@H]3CCO)ccc1C#N. The van der Waals surface area contributed by atoms with E-state index in [2.05, 4.69) is 6.07 Å². The van der Waals surface area contributed by atoms with Crippen LogP contribution >= 0.6 is 0 Å². The second-order valence-corrected chi connectivity index (χ2v) is 8.49. The predicted octanol–water partition coefficient (Wildman–Crippen LogP) is 5.72. The molecule has 6 heteroatoms. The van der Waals surface area contributed by atoms with Gasteiger partial charge in [0.15, 0.2) is 0 Å². The van der Waals surface area contributed by atoms with E-state index in [4.69, 9.17) is 19.5 Å². The minimum atomic E-state index is -0.418. The van der Waals surface area contributed by atoms with Gasteiger partial charge in [-0.05, 0) is 68.1 Å². The van der Waals surface area contributed by atoms with E-state index in [1.54, 1.807) is 18.2 Å².